The third-order valence-electron chi connectivity index (χ3n) is 5.01. The van der Waals surface area contributed by atoms with Crippen molar-refractivity contribution in [1.82, 2.24) is 10.3 Å². The Bertz CT molecular complexity index is 456. The van der Waals surface area contributed by atoms with Gasteiger partial charge in [0.15, 0.2) is 0 Å². The van der Waals surface area contributed by atoms with Crippen molar-refractivity contribution in [2.24, 2.45) is 5.92 Å². The molecule has 1 N–H and O–H groups in total. The van der Waals surface area contributed by atoms with E-state index in [0.29, 0.717) is 12.0 Å². The second kappa shape index (κ2) is 6.76. The summed E-state index contributed by atoms with van der Waals surface area (Å²) in [4.78, 5) is 4.64. The Balaban J connectivity index is 1.78. The molecule has 1 saturated carbocycles. The van der Waals surface area contributed by atoms with Crippen molar-refractivity contribution < 1.29 is 4.74 Å². The van der Waals surface area contributed by atoms with Crippen LogP contribution < -0.4 is 5.32 Å². The zero-order valence-electron chi connectivity index (χ0n) is 12.8. The van der Waals surface area contributed by atoms with Crippen molar-refractivity contribution in [2.75, 3.05) is 13.2 Å². The Hall–Kier alpha value is -0.450. The van der Waals surface area contributed by atoms with E-state index in [-0.39, 0.29) is 5.60 Å². The van der Waals surface area contributed by atoms with E-state index in [0.717, 1.165) is 24.0 Å². The number of rotatable bonds is 4. The second-order valence-electron chi connectivity index (χ2n) is 6.43. The monoisotopic (exact) mass is 352 g/mol. The van der Waals surface area contributed by atoms with Gasteiger partial charge in [-0.15, -0.1) is 0 Å². The summed E-state index contributed by atoms with van der Waals surface area (Å²) >= 11 is 3.48. The summed E-state index contributed by atoms with van der Waals surface area (Å²) in [6.45, 7) is 4.06. The van der Waals surface area contributed by atoms with Gasteiger partial charge in [0.25, 0.3) is 0 Å². The average Bonchev–Trinajstić information content (AvgIpc) is 2.94. The summed E-state index contributed by atoms with van der Waals surface area (Å²) in [5.41, 5.74) is 1.34. The van der Waals surface area contributed by atoms with Crippen LogP contribution >= 0.6 is 15.9 Å². The molecule has 1 spiro atoms. The molecule has 0 aromatic carbocycles. The summed E-state index contributed by atoms with van der Waals surface area (Å²) in [5, 5.41) is 3.66. The van der Waals surface area contributed by atoms with Gasteiger partial charge in [0.05, 0.1) is 17.3 Å². The van der Waals surface area contributed by atoms with E-state index < -0.39 is 0 Å². The van der Waals surface area contributed by atoms with Crippen molar-refractivity contribution in [3.8, 4) is 0 Å². The fraction of sp³-hybridized carbons (Fsp3) is 0.706. The topological polar surface area (TPSA) is 34.2 Å². The second-order valence-corrected chi connectivity index (χ2v) is 7.34. The van der Waals surface area contributed by atoms with Crippen LogP contribution in [0, 0.1) is 5.92 Å². The minimum atomic E-state index is 0.173. The van der Waals surface area contributed by atoms with Gasteiger partial charge in [0.1, 0.15) is 0 Å². The van der Waals surface area contributed by atoms with Crippen LogP contribution in [0.25, 0.3) is 0 Å². The zero-order chi connectivity index (χ0) is 14.7. The number of nitrogens with zero attached hydrogens (tertiary/aromatic N) is 1. The predicted molar refractivity (Wildman–Crippen MR) is 88.2 cm³/mol. The van der Waals surface area contributed by atoms with E-state index in [1.165, 1.54) is 37.8 Å². The fourth-order valence-electron chi connectivity index (χ4n) is 4.02. The van der Waals surface area contributed by atoms with Gasteiger partial charge < -0.3 is 10.1 Å². The van der Waals surface area contributed by atoms with Crippen LogP contribution in [0.1, 0.15) is 57.2 Å². The highest BCUT2D eigenvalue weighted by atomic mass is 79.9. The van der Waals surface area contributed by atoms with Gasteiger partial charge in [-0.1, -0.05) is 19.8 Å². The molecule has 116 valence electrons. The molecule has 1 aliphatic heterocycles. The first-order chi connectivity index (χ1) is 10.2. The number of aromatic nitrogens is 1. The van der Waals surface area contributed by atoms with Crippen LogP contribution in [-0.4, -0.2) is 23.7 Å². The third kappa shape index (κ3) is 3.49. The normalized spacial score (nSPS) is 26.1. The molecule has 21 heavy (non-hydrogen) atoms. The summed E-state index contributed by atoms with van der Waals surface area (Å²) in [6.07, 6.45) is 9.38. The van der Waals surface area contributed by atoms with Crippen LogP contribution in [0.2, 0.25) is 0 Å². The molecular formula is C17H25BrN2O. The average molecular weight is 353 g/mol. The van der Waals surface area contributed by atoms with Crippen molar-refractivity contribution >= 4 is 15.9 Å². The molecule has 1 aromatic rings. The van der Waals surface area contributed by atoms with Crippen molar-refractivity contribution in [3.63, 3.8) is 0 Å². The first kappa shape index (κ1) is 15.4. The molecule has 2 atom stereocenters. The molecule has 2 unspecified atom stereocenters. The van der Waals surface area contributed by atoms with Gasteiger partial charge in [-0.25, -0.2) is 0 Å². The molecule has 1 saturated heterocycles. The Morgan fingerprint density at radius 3 is 2.90 bits per heavy atom. The predicted octanol–water partition coefficient (Wildman–Crippen LogP) is 4.23. The summed E-state index contributed by atoms with van der Waals surface area (Å²) in [7, 11) is 0. The molecule has 1 aromatic heterocycles. The van der Waals surface area contributed by atoms with Crippen LogP contribution in [0.3, 0.4) is 0 Å². The SMILES string of the molecule is CCNC(c1ccc(Br)cn1)C1CCOC2(CCCC2)C1. The maximum atomic E-state index is 6.18. The highest BCUT2D eigenvalue weighted by Crippen LogP contribution is 2.45. The minimum Gasteiger partial charge on any atom is -0.375 e. The molecular weight excluding hydrogens is 328 g/mol. The molecule has 2 aliphatic rings. The molecule has 0 amide bonds. The first-order valence-electron chi connectivity index (χ1n) is 8.21. The van der Waals surface area contributed by atoms with Gasteiger partial charge in [0.2, 0.25) is 0 Å². The van der Waals surface area contributed by atoms with E-state index in [9.17, 15) is 0 Å². The lowest BCUT2D eigenvalue weighted by molar-refractivity contribution is -0.0983. The Morgan fingerprint density at radius 2 is 2.24 bits per heavy atom. The number of hydrogen-bond donors (Lipinski definition) is 1. The quantitative estimate of drug-likeness (QED) is 0.879. The van der Waals surface area contributed by atoms with Gasteiger partial charge in [-0.05, 0) is 66.2 Å². The Kier molecular flexibility index (Phi) is 4.97. The number of ether oxygens (including phenoxy) is 1. The third-order valence-corrected chi connectivity index (χ3v) is 5.48. The van der Waals surface area contributed by atoms with Crippen molar-refractivity contribution in [3.05, 3.63) is 28.5 Å². The van der Waals surface area contributed by atoms with Crippen LogP contribution in [0.4, 0.5) is 0 Å². The van der Waals surface area contributed by atoms with Crippen molar-refractivity contribution in [2.45, 2.75) is 57.1 Å². The molecule has 2 fully saturated rings. The molecule has 4 heteroatoms. The highest BCUT2D eigenvalue weighted by molar-refractivity contribution is 9.10. The summed E-state index contributed by atoms with van der Waals surface area (Å²) < 4.78 is 7.23. The lowest BCUT2D eigenvalue weighted by atomic mass is 9.79. The van der Waals surface area contributed by atoms with Gasteiger partial charge in [0, 0.05) is 17.3 Å². The zero-order valence-corrected chi connectivity index (χ0v) is 14.4. The van der Waals surface area contributed by atoms with Crippen molar-refractivity contribution in [1.29, 1.82) is 0 Å². The summed E-state index contributed by atoms with van der Waals surface area (Å²) in [5.74, 6) is 0.630. The lowest BCUT2D eigenvalue weighted by Gasteiger charge is -2.41. The number of halogens is 1. The highest BCUT2D eigenvalue weighted by Gasteiger charge is 2.42. The van der Waals surface area contributed by atoms with Gasteiger partial charge in [-0.3, -0.25) is 4.98 Å². The van der Waals surface area contributed by atoms with E-state index in [2.05, 4.69) is 45.3 Å². The Morgan fingerprint density at radius 1 is 1.43 bits per heavy atom. The van der Waals surface area contributed by atoms with E-state index in [1.54, 1.807) is 0 Å². The van der Waals surface area contributed by atoms with E-state index in [1.807, 2.05) is 6.20 Å². The molecule has 0 radical (unpaired) electrons. The lowest BCUT2D eigenvalue weighted by Crippen LogP contribution is -2.42. The van der Waals surface area contributed by atoms with Gasteiger partial charge in [-0.2, -0.15) is 0 Å². The fourth-order valence-corrected chi connectivity index (χ4v) is 4.26. The molecule has 0 bridgehead atoms. The largest absolute Gasteiger partial charge is 0.375 e. The standard InChI is InChI=1S/C17H25BrN2O/c1-2-19-16(15-6-5-14(18)12-20-15)13-7-10-21-17(11-13)8-3-4-9-17/h5-6,12-13,16,19H,2-4,7-11H2,1H3. The first-order valence-corrected chi connectivity index (χ1v) is 9.00. The number of nitrogens with one attached hydrogen (secondary N) is 1. The maximum Gasteiger partial charge on any atom is 0.0686 e. The molecule has 3 rings (SSSR count). The molecule has 3 nitrogen and oxygen atoms in total. The van der Waals surface area contributed by atoms with Crippen LogP contribution in [0.15, 0.2) is 22.8 Å². The Labute approximate surface area is 136 Å². The minimum absolute atomic E-state index is 0.173. The smallest absolute Gasteiger partial charge is 0.0686 e. The maximum absolute atomic E-state index is 6.18. The number of hydrogen-bond acceptors (Lipinski definition) is 3. The van der Waals surface area contributed by atoms with Crippen LogP contribution in [-0.2, 0) is 4.74 Å². The molecule has 2 heterocycles. The van der Waals surface area contributed by atoms with Crippen LogP contribution in [0.5, 0.6) is 0 Å². The van der Waals surface area contributed by atoms with E-state index in [4.69, 9.17) is 4.74 Å². The number of pyridine rings is 1. The summed E-state index contributed by atoms with van der Waals surface area (Å²) in [6, 6.07) is 4.59. The van der Waals surface area contributed by atoms with Gasteiger partial charge >= 0.3 is 0 Å². The van der Waals surface area contributed by atoms with E-state index >= 15 is 0 Å². The molecule has 1 aliphatic carbocycles.